The van der Waals surface area contributed by atoms with Crippen molar-refractivity contribution in [2.24, 2.45) is 0 Å². The molecule has 0 radical (unpaired) electrons. The van der Waals surface area contributed by atoms with Crippen LogP contribution in [0.4, 0.5) is 0 Å². The minimum Gasteiger partial charge on any atom is -0.486 e. The summed E-state index contributed by atoms with van der Waals surface area (Å²) in [5.41, 5.74) is 0.713. The summed E-state index contributed by atoms with van der Waals surface area (Å²) >= 11 is 0. The topological polar surface area (TPSA) is 84.9 Å². The molecule has 118 valence electrons. The van der Waals surface area contributed by atoms with Crippen LogP contribution in [0, 0.1) is 0 Å². The number of benzene rings is 1. The largest absolute Gasteiger partial charge is 0.486 e. The van der Waals surface area contributed by atoms with Crippen LogP contribution in [-0.4, -0.2) is 51.3 Å². The van der Waals surface area contributed by atoms with Crippen molar-refractivity contribution in [3.63, 3.8) is 0 Å². The zero-order chi connectivity index (χ0) is 15.3. The Labute approximate surface area is 125 Å². The first-order chi connectivity index (χ1) is 10.0. The SMILES string of the molecule is CCS(=O)(=O)CCNCC(O)c1ccc2c(c1)OCCO2. The summed E-state index contributed by atoms with van der Waals surface area (Å²) < 4.78 is 33.6. The number of aliphatic hydroxyl groups is 1. The van der Waals surface area contributed by atoms with Crippen molar-refractivity contribution in [1.82, 2.24) is 5.32 Å². The maximum absolute atomic E-state index is 11.3. The molecule has 1 aromatic carbocycles. The Bertz CT molecular complexity index is 573. The fourth-order valence-electron chi connectivity index (χ4n) is 2.00. The Morgan fingerprint density at radius 2 is 2.00 bits per heavy atom. The molecule has 1 atom stereocenters. The number of hydrogen-bond donors (Lipinski definition) is 2. The minimum atomic E-state index is -2.97. The maximum atomic E-state index is 11.3. The lowest BCUT2D eigenvalue weighted by molar-refractivity contribution is 0.163. The molecular weight excluding hydrogens is 294 g/mol. The zero-order valence-electron chi connectivity index (χ0n) is 12.0. The van der Waals surface area contributed by atoms with E-state index in [1.54, 1.807) is 25.1 Å². The molecule has 0 spiro atoms. The summed E-state index contributed by atoms with van der Waals surface area (Å²) in [6.45, 7) is 3.28. The summed E-state index contributed by atoms with van der Waals surface area (Å²) in [6, 6.07) is 5.31. The maximum Gasteiger partial charge on any atom is 0.161 e. The van der Waals surface area contributed by atoms with Gasteiger partial charge in [0, 0.05) is 18.8 Å². The number of ether oxygens (including phenoxy) is 2. The zero-order valence-corrected chi connectivity index (χ0v) is 12.9. The van der Waals surface area contributed by atoms with Gasteiger partial charge in [-0.2, -0.15) is 0 Å². The van der Waals surface area contributed by atoms with Crippen LogP contribution in [0.2, 0.25) is 0 Å². The predicted molar refractivity (Wildman–Crippen MR) is 79.6 cm³/mol. The Hall–Kier alpha value is -1.31. The summed E-state index contributed by atoms with van der Waals surface area (Å²) in [5, 5.41) is 13.1. The fourth-order valence-corrected chi connectivity index (χ4v) is 2.74. The molecule has 0 aromatic heterocycles. The van der Waals surface area contributed by atoms with Gasteiger partial charge in [0.05, 0.1) is 11.9 Å². The molecule has 1 heterocycles. The van der Waals surface area contributed by atoms with Crippen LogP contribution in [0.5, 0.6) is 11.5 Å². The van der Waals surface area contributed by atoms with Gasteiger partial charge in [-0.15, -0.1) is 0 Å². The number of fused-ring (bicyclic) bond motifs is 1. The van der Waals surface area contributed by atoms with Crippen molar-refractivity contribution >= 4 is 9.84 Å². The van der Waals surface area contributed by atoms with Gasteiger partial charge in [-0.25, -0.2) is 8.42 Å². The van der Waals surface area contributed by atoms with Crippen molar-refractivity contribution in [1.29, 1.82) is 0 Å². The van der Waals surface area contributed by atoms with Gasteiger partial charge in [0.25, 0.3) is 0 Å². The standard InChI is InChI=1S/C14H21NO5S/c1-2-21(17,18)8-5-15-10-12(16)11-3-4-13-14(9-11)20-7-6-19-13/h3-4,9,12,15-16H,2,5-8,10H2,1H3. The summed E-state index contributed by atoms with van der Waals surface area (Å²) in [4.78, 5) is 0. The highest BCUT2D eigenvalue weighted by Crippen LogP contribution is 2.32. The smallest absolute Gasteiger partial charge is 0.161 e. The number of rotatable bonds is 7. The number of sulfone groups is 1. The third-order valence-electron chi connectivity index (χ3n) is 3.32. The molecule has 0 saturated heterocycles. The van der Waals surface area contributed by atoms with E-state index in [0.717, 1.165) is 0 Å². The molecule has 0 amide bonds. The van der Waals surface area contributed by atoms with Crippen LogP contribution in [-0.2, 0) is 9.84 Å². The molecule has 0 bridgehead atoms. The van der Waals surface area contributed by atoms with Crippen molar-refractivity contribution in [2.45, 2.75) is 13.0 Å². The highest BCUT2D eigenvalue weighted by Gasteiger charge is 2.15. The van der Waals surface area contributed by atoms with Crippen LogP contribution in [0.15, 0.2) is 18.2 Å². The first-order valence-corrected chi connectivity index (χ1v) is 8.83. The first kappa shape index (κ1) is 16.1. The lowest BCUT2D eigenvalue weighted by Crippen LogP contribution is -2.28. The van der Waals surface area contributed by atoms with Gasteiger partial charge in [0.1, 0.15) is 13.2 Å². The van der Waals surface area contributed by atoms with E-state index in [1.807, 2.05) is 0 Å². The average Bonchev–Trinajstić information content (AvgIpc) is 2.51. The van der Waals surface area contributed by atoms with Crippen LogP contribution in [0.1, 0.15) is 18.6 Å². The minimum absolute atomic E-state index is 0.0807. The second kappa shape index (κ2) is 7.11. The summed E-state index contributed by atoms with van der Waals surface area (Å²) in [6.07, 6.45) is -0.717. The van der Waals surface area contributed by atoms with E-state index in [9.17, 15) is 13.5 Å². The second-order valence-electron chi connectivity index (χ2n) is 4.86. The highest BCUT2D eigenvalue weighted by atomic mass is 32.2. The molecule has 1 aliphatic rings. The van der Waals surface area contributed by atoms with Crippen LogP contribution in [0.25, 0.3) is 0 Å². The number of hydrogen-bond acceptors (Lipinski definition) is 6. The quantitative estimate of drug-likeness (QED) is 0.714. The van der Waals surface area contributed by atoms with Crippen molar-refractivity contribution in [2.75, 3.05) is 37.8 Å². The molecule has 2 rings (SSSR count). The fraction of sp³-hybridized carbons (Fsp3) is 0.571. The first-order valence-electron chi connectivity index (χ1n) is 7.00. The van der Waals surface area contributed by atoms with Gasteiger partial charge in [-0.1, -0.05) is 13.0 Å². The number of nitrogens with one attached hydrogen (secondary N) is 1. The summed E-state index contributed by atoms with van der Waals surface area (Å²) in [5.74, 6) is 1.53. The van der Waals surface area contributed by atoms with Gasteiger partial charge < -0.3 is 19.9 Å². The molecule has 7 heteroatoms. The van der Waals surface area contributed by atoms with Gasteiger partial charge in [0.2, 0.25) is 0 Å². The van der Waals surface area contributed by atoms with Gasteiger partial charge in [0.15, 0.2) is 21.3 Å². The van der Waals surface area contributed by atoms with E-state index in [2.05, 4.69) is 5.32 Å². The molecule has 0 saturated carbocycles. The third-order valence-corrected chi connectivity index (χ3v) is 5.02. The van der Waals surface area contributed by atoms with E-state index < -0.39 is 15.9 Å². The van der Waals surface area contributed by atoms with Gasteiger partial charge >= 0.3 is 0 Å². The Morgan fingerprint density at radius 3 is 2.71 bits per heavy atom. The monoisotopic (exact) mass is 315 g/mol. The molecular formula is C14H21NO5S. The molecule has 0 fully saturated rings. The van der Waals surface area contributed by atoms with Crippen LogP contribution >= 0.6 is 0 Å². The lowest BCUT2D eigenvalue weighted by atomic mass is 10.1. The lowest BCUT2D eigenvalue weighted by Gasteiger charge is -2.20. The molecule has 0 aliphatic carbocycles. The average molecular weight is 315 g/mol. The van der Waals surface area contributed by atoms with E-state index >= 15 is 0 Å². The third kappa shape index (κ3) is 4.59. The van der Waals surface area contributed by atoms with Gasteiger partial charge in [-0.05, 0) is 17.7 Å². The van der Waals surface area contributed by atoms with Crippen molar-refractivity contribution in [3.8, 4) is 11.5 Å². The van der Waals surface area contributed by atoms with Crippen LogP contribution < -0.4 is 14.8 Å². The molecule has 21 heavy (non-hydrogen) atoms. The van der Waals surface area contributed by atoms with E-state index in [4.69, 9.17) is 9.47 Å². The van der Waals surface area contributed by atoms with E-state index in [-0.39, 0.29) is 11.5 Å². The Balaban J connectivity index is 1.84. The number of aliphatic hydroxyl groups excluding tert-OH is 1. The Morgan fingerprint density at radius 1 is 1.29 bits per heavy atom. The van der Waals surface area contributed by atoms with E-state index in [0.29, 0.717) is 43.4 Å². The second-order valence-corrected chi connectivity index (χ2v) is 7.33. The highest BCUT2D eigenvalue weighted by molar-refractivity contribution is 7.91. The van der Waals surface area contributed by atoms with Gasteiger partial charge in [-0.3, -0.25) is 0 Å². The molecule has 1 unspecified atom stereocenters. The molecule has 1 aromatic rings. The molecule has 2 N–H and O–H groups in total. The normalized spacial score (nSPS) is 15.7. The Kier molecular flexibility index (Phi) is 5.44. The van der Waals surface area contributed by atoms with E-state index in [1.165, 1.54) is 0 Å². The molecule has 6 nitrogen and oxygen atoms in total. The summed E-state index contributed by atoms with van der Waals surface area (Å²) in [7, 11) is -2.97. The van der Waals surface area contributed by atoms with Crippen LogP contribution in [0.3, 0.4) is 0 Å². The van der Waals surface area contributed by atoms with Crippen molar-refractivity contribution in [3.05, 3.63) is 23.8 Å². The predicted octanol–water partition coefficient (Wildman–Crippen LogP) is 0.516. The van der Waals surface area contributed by atoms with Crippen molar-refractivity contribution < 1.29 is 23.0 Å². The molecule has 1 aliphatic heterocycles.